The molecule has 0 aliphatic rings. The van der Waals surface area contributed by atoms with Crippen LogP contribution in [0.5, 0.6) is 0 Å². The Balaban J connectivity index is 2.07. The minimum absolute atomic E-state index is 0.0679. The highest BCUT2D eigenvalue weighted by atomic mass is 35.5. The molecule has 0 aliphatic heterocycles. The van der Waals surface area contributed by atoms with E-state index >= 15 is 0 Å². The molecule has 27 heavy (non-hydrogen) atoms. The fourth-order valence-corrected chi connectivity index (χ4v) is 4.57. The Labute approximate surface area is 165 Å². The van der Waals surface area contributed by atoms with Gasteiger partial charge in [0, 0.05) is 12.5 Å². The standard InChI is InChI=1S/C20H24ClNO4S/c1-26-20(23)15-7-3-6-13-18(16-10-4-2-5-11-16)22-27(24,25)19-14-9-8-12-17(19)21/h2,4-5,8-12,14,18,22H,3,6-7,13,15H2,1H3. The summed E-state index contributed by atoms with van der Waals surface area (Å²) in [4.78, 5) is 11.2. The van der Waals surface area contributed by atoms with Crippen molar-refractivity contribution in [2.75, 3.05) is 7.11 Å². The summed E-state index contributed by atoms with van der Waals surface area (Å²) in [6.07, 6.45) is 3.30. The van der Waals surface area contributed by atoms with E-state index in [9.17, 15) is 13.2 Å². The van der Waals surface area contributed by atoms with Crippen molar-refractivity contribution in [1.29, 1.82) is 0 Å². The van der Waals surface area contributed by atoms with Crippen LogP contribution in [0.15, 0.2) is 59.5 Å². The summed E-state index contributed by atoms with van der Waals surface area (Å²) in [5, 5.41) is 0.190. The molecule has 1 unspecified atom stereocenters. The third-order valence-corrected chi connectivity index (χ3v) is 6.20. The number of hydrogen-bond acceptors (Lipinski definition) is 4. The summed E-state index contributed by atoms with van der Waals surface area (Å²) in [5.74, 6) is -0.228. The number of carbonyl (C=O) groups excluding carboxylic acids is 1. The predicted molar refractivity (Wildman–Crippen MR) is 106 cm³/mol. The maximum atomic E-state index is 12.8. The molecule has 2 aromatic rings. The molecule has 0 amide bonds. The summed E-state index contributed by atoms with van der Waals surface area (Å²) in [7, 11) is -2.38. The maximum absolute atomic E-state index is 12.8. The molecule has 1 N–H and O–H groups in total. The normalized spacial score (nSPS) is 12.5. The van der Waals surface area contributed by atoms with E-state index in [1.165, 1.54) is 13.2 Å². The van der Waals surface area contributed by atoms with Crippen molar-refractivity contribution in [3.63, 3.8) is 0 Å². The van der Waals surface area contributed by atoms with Gasteiger partial charge in [-0.3, -0.25) is 4.79 Å². The number of benzene rings is 2. The predicted octanol–water partition coefficient (Wildman–Crippen LogP) is 4.48. The van der Waals surface area contributed by atoms with Crippen molar-refractivity contribution < 1.29 is 17.9 Å². The topological polar surface area (TPSA) is 72.5 Å². The van der Waals surface area contributed by atoms with Gasteiger partial charge in [0.15, 0.2) is 0 Å². The van der Waals surface area contributed by atoms with Crippen LogP contribution >= 0.6 is 11.6 Å². The van der Waals surface area contributed by atoms with Crippen molar-refractivity contribution >= 4 is 27.6 Å². The molecule has 0 radical (unpaired) electrons. The average Bonchev–Trinajstić information content (AvgIpc) is 2.67. The molecule has 0 saturated heterocycles. The minimum atomic E-state index is -3.75. The van der Waals surface area contributed by atoms with E-state index in [1.807, 2.05) is 30.3 Å². The number of esters is 1. The molecule has 2 aromatic carbocycles. The lowest BCUT2D eigenvalue weighted by molar-refractivity contribution is -0.140. The van der Waals surface area contributed by atoms with E-state index in [1.54, 1.807) is 18.2 Å². The van der Waals surface area contributed by atoms with Gasteiger partial charge in [0.25, 0.3) is 0 Å². The Bertz CT molecular complexity index is 840. The number of hydrogen-bond donors (Lipinski definition) is 1. The quantitative estimate of drug-likeness (QED) is 0.463. The number of ether oxygens (including phenoxy) is 1. The molecular weight excluding hydrogens is 386 g/mol. The third-order valence-electron chi connectivity index (χ3n) is 4.23. The summed E-state index contributed by atoms with van der Waals surface area (Å²) in [6.45, 7) is 0. The Kier molecular flexibility index (Phi) is 8.28. The number of rotatable bonds is 10. The zero-order valence-electron chi connectivity index (χ0n) is 15.2. The van der Waals surface area contributed by atoms with Crippen LogP contribution in [-0.2, 0) is 19.6 Å². The molecule has 0 spiro atoms. The highest BCUT2D eigenvalue weighted by molar-refractivity contribution is 7.89. The largest absolute Gasteiger partial charge is 0.469 e. The van der Waals surface area contributed by atoms with Gasteiger partial charge in [-0.15, -0.1) is 0 Å². The van der Waals surface area contributed by atoms with Gasteiger partial charge in [0.05, 0.1) is 12.1 Å². The van der Waals surface area contributed by atoms with Gasteiger partial charge in [-0.05, 0) is 30.5 Å². The fourth-order valence-electron chi connectivity index (χ4n) is 2.79. The fraction of sp³-hybridized carbons (Fsp3) is 0.350. The van der Waals surface area contributed by atoms with E-state index in [2.05, 4.69) is 9.46 Å². The van der Waals surface area contributed by atoms with Crippen LogP contribution in [0, 0.1) is 0 Å². The second kappa shape index (κ2) is 10.4. The molecule has 146 valence electrons. The lowest BCUT2D eigenvalue weighted by Gasteiger charge is -2.20. The number of carbonyl (C=O) groups is 1. The molecule has 7 heteroatoms. The van der Waals surface area contributed by atoms with Crippen molar-refractivity contribution in [2.45, 2.75) is 43.0 Å². The zero-order valence-corrected chi connectivity index (χ0v) is 16.8. The van der Waals surface area contributed by atoms with Gasteiger partial charge in [0.2, 0.25) is 10.0 Å². The molecule has 5 nitrogen and oxygen atoms in total. The van der Waals surface area contributed by atoms with Crippen LogP contribution in [0.25, 0.3) is 0 Å². The van der Waals surface area contributed by atoms with Crippen LogP contribution in [-0.4, -0.2) is 21.5 Å². The Morgan fingerprint density at radius 3 is 2.37 bits per heavy atom. The first-order valence-electron chi connectivity index (χ1n) is 8.82. The van der Waals surface area contributed by atoms with Gasteiger partial charge in [-0.25, -0.2) is 13.1 Å². The molecule has 0 saturated carbocycles. The van der Waals surface area contributed by atoms with Crippen molar-refractivity contribution in [3.05, 3.63) is 65.2 Å². The highest BCUT2D eigenvalue weighted by Crippen LogP contribution is 2.26. The molecule has 0 aromatic heterocycles. The molecule has 0 aliphatic carbocycles. The smallest absolute Gasteiger partial charge is 0.305 e. The van der Waals surface area contributed by atoms with E-state index in [0.717, 1.165) is 18.4 Å². The molecule has 0 heterocycles. The summed E-state index contributed by atoms with van der Waals surface area (Å²) < 4.78 is 33.0. The van der Waals surface area contributed by atoms with Crippen molar-refractivity contribution in [2.24, 2.45) is 0 Å². The first-order valence-corrected chi connectivity index (χ1v) is 10.7. The van der Waals surface area contributed by atoms with Gasteiger partial charge in [-0.1, -0.05) is 66.9 Å². The number of nitrogens with one attached hydrogen (secondary N) is 1. The first-order chi connectivity index (χ1) is 12.9. The maximum Gasteiger partial charge on any atom is 0.305 e. The van der Waals surface area contributed by atoms with Crippen LogP contribution < -0.4 is 4.72 Å². The van der Waals surface area contributed by atoms with E-state index in [4.69, 9.17) is 11.6 Å². The lowest BCUT2D eigenvalue weighted by atomic mass is 10.0. The monoisotopic (exact) mass is 409 g/mol. The van der Waals surface area contributed by atoms with Crippen molar-refractivity contribution in [3.8, 4) is 0 Å². The second-order valence-corrected chi connectivity index (χ2v) is 8.28. The Morgan fingerprint density at radius 1 is 1.04 bits per heavy atom. The number of methoxy groups -OCH3 is 1. The van der Waals surface area contributed by atoms with Gasteiger partial charge >= 0.3 is 5.97 Å². The molecule has 0 bridgehead atoms. The van der Waals surface area contributed by atoms with Crippen LogP contribution in [0.2, 0.25) is 5.02 Å². The number of sulfonamides is 1. The third kappa shape index (κ3) is 6.65. The van der Waals surface area contributed by atoms with E-state index in [0.29, 0.717) is 19.3 Å². The molecular formula is C20H24ClNO4S. The summed E-state index contributed by atoms with van der Waals surface area (Å²) in [5.41, 5.74) is 0.890. The second-order valence-electron chi connectivity index (χ2n) is 6.19. The highest BCUT2D eigenvalue weighted by Gasteiger charge is 2.23. The Morgan fingerprint density at radius 2 is 1.70 bits per heavy atom. The van der Waals surface area contributed by atoms with Gasteiger partial charge in [0.1, 0.15) is 4.90 Å². The minimum Gasteiger partial charge on any atom is -0.469 e. The van der Waals surface area contributed by atoms with Crippen LogP contribution in [0.4, 0.5) is 0 Å². The van der Waals surface area contributed by atoms with E-state index < -0.39 is 10.0 Å². The van der Waals surface area contributed by atoms with E-state index in [-0.39, 0.29) is 21.9 Å². The average molecular weight is 410 g/mol. The van der Waals surface area contributed by atoms with Crippen LogP contribution in [0.3, 0.4) is 0 Å². The molecule has 0 fully saturated rings. The number of halogens is 1. The lowest BCUT2D eigenvalue weighted by Crippen LogP contribution is -2.29. The molecule has 1 atom stereocenters. The van der Waals surface area contributed by atoms with Crippen LogP contribution in [0.1, 0.15) is 43.7 Å². The SMILES string of the molecule is COC(=O)CCCCCC(NS(=O)(=O)c1ccccc1Cl)c1ccccc1. The Hall–Kier alpha value is -1.89. The van der Waals surface area contributed by atoms with Gasteiger partial charge in [-0.2, -0.15) is 0 Å². The number of unbranched alkanes of at least 4 members (excludes halogenated alkanes) is 2. The molecule has 2 rings (SSSR count). The first kappa shape index (κ1) is 21.4. The van der Waals surface area contributed by atoms with Crippen molar-refractivity contribution in [1.82, 2.24) is 4.72 Å². The van der Waals surface area contributed by atoms with Gasteiger partial charge < -0.3 is 4.74 Å². The zero-order chi connectivity index (χ0) is 19.7. The summed E-state index contributed by atoms with van der Waals surface area (Å²) in [6, 6.07) is 15.5. The summed E-state index contributed by atoms with van der Waals surface area (Å²) >= 11 is 6.06.